The van der Waals surface area contributed by atoms with Crippen molar-refractivity contribution in [1.82, 2.24) is 10.3 Å². The second kappa shape index (κ2) is 5.97. The summed E-state index contributed by atoms with van der Waals surface area (Å²) in [6, 6.07) is 14.0. The molecule has 1 aliphatic rings. The largest absolute Gasteiger partial charge is 0.350 e. The molecule has 0 spiro atoms. The summed E-state index contributed by atoms with van der Waals surface area (Å²) in [6.45, 7) is 0.395. The van der Waals surface area contributed by atoms with Gasteiger partial charge in [0.05, 0.1) is 5.54 Å². The van der Waals surface area contributed by atoms with Gasteiger partial charge >= 0.3 is 0 Å². The van der Waals surface area contributed by atoms with E-state index in [4.69, 9.17) is 5.73 Å². The summed E-state index contributed by atoms with van der Waals surface area (Å²) in [4.78, 5) is 14.9. The maximum atomic E-state index is 13.6. The van der Waals surface area contributed by atoms with Crippen LogP contribution < -0.4 is 11.1 Å². The number of aromatic amines is 1. The maximum absolute atomic E-state index is 13.6. The summed E-state index contributed by atoms with van der Waals surface area (Å²) in [5.41, 5.74) is 8.70. The average Bonchev–Trinajstić information content (AvgIpc) is 3.30. The van der Waals surface area contributed by atoms with Crippen molar-refractivity contribution in [2.75, 3.05) is 0 Å². The van der Waals surface area contributed by atoms with Gasteiger partial charge in [0.2, 0.25) is 5.91 Å². The van der Waals surface area contributed by atoms with Gasteiger partial charge in [-0.2, -0.15) is 5.26 Å². The van der Waals surface area contributed by atoms with Crippen LogP contribution >= 0.6 is 0 Å². The number of carbonyl (C=O) groups is 1. The molecule has 2 aromatic carbocycles. The molecule has 1 fully saturated rings. The number of benzene rings is 2. The van der Waals surface area contributed by atoms with Crippen LogP contribution in [0, 0.1) is 17.1 Å². The molecule has 0 radical (unpaired) electrons. The molecule has 1 amide bonds. The van der Waals surface area contributed by atoms with Crippen molar-refractivity contribution in [3.05, 3.63) is 59.5 Å². The number of amides is 1. The van der Waals surface area contributed by atoms with E-state index in [9.17, 15) is 14.4 Å². The third kappa shape index (κ3) is 2.83. The molecule has 1 heterocycles. The van der Waals surface area contributed by atoms with E-state index in [0.717, 1.165) is 24.0 Å². The first-order chi connectivity index (χ1) is 12.5. The van der Waals surface area contributed by atoms with Gasteiger partial charge in [-0.1, -0.05) is 24.3 Å². The van der Waals surface area contributed by atoms with Crippen LogP contribution in [-0.4, -0.2) is 16.4 Å². The van der Waals surface area contributed by atoms with E-state index in [2.05, 4.69) is 16.4 Å². The van der Waals surface area contributed by atoms with E-state index in [0.29, 0.717) is 28.7 Å². The molecule has 0 aliphatic heterocycles. The number of nitrogens with two attached hydrogens (primary N) is 1. The molecule has 3 aromatic rings. The van der Waals surface area contributed by atoms with Gasteiger partial charge in [-0.15, -0.1) is 0 Å². The lowest BCUT2D eigenvalue weighted by molar-refractivity contribution is -0.123. The van der Waals surface area contributed by atoms with E-state index in [1.807, 2.05) is 24.3 Å². The molecule has 1 aliphatic carbocycles. The van der Waals surface area contributed by atoms with Crippen molar-refractivity contribution in [3.8, 4) is 17.2 Å². The highest BCUT2D eigenvalue weighted by molar-refractivity contribution is 5.98. The monoisotopic (exact) mass is 348 g/mol. The minimum Gasteiger partial charge on any atom is -0.350 e. The second-order valence-electron chi connectivity index (χ2n) is 6.71. The molecular formula is C20H17FN4O. The molecule has 1 saturated carbocycles. The molecule has 0 bridgehead atoms. The Morgan fingerprint density at radius 2 is 2.00 bits per heavy atom. The third-order valence-corrected chi connectivity index (χ3v) is 4.81. The Balaban J connectivity index is 1.61. The Hall–Kier alpha value is -3.17. The predicted molar refractivity (Wildman–Crippen MR) is 96.4 cm³/mol. The quantitative estimate of drug-likeness (QED) is 0.676. The van der Waals surface area contributed by atoms with Crippen molar-refractivity contribution >= 4 is 16.8 Å². The Morgan fingerprint density at radius 1 is 1.27 bits per heavy atom. The van der Waals surface area contributed by atoms with Crippen LogP contribution in [-0.2, 0) is 11.3 Å². The molecule has 0 saturated heterocycles. The van der Waals surface area contributed by atoms with Crippen molar-refractivity contribution in [2.45, 2.75) is 24.9 Å². The fraction of sp³-hybridized carbons (Fsp3) is 0.200. The Labute approximate surface area is 149 Å². The number of nitrogens with zero attached hydrogens (tertiary/aromatic N) is 1. The zero-order chi connectivity index (χ0) is 18.3. The van der Waals surface area contributed by atoms with Gasteiger partial charge in [0, 0.05) is 23.0 Å². The normalized spacial score (nSPS) is 14.8. The van der Waals surface area contributed by atoms with E-state index >= 15 is 0 Å². The Bertz CT molecular complexity index is 1040. The summed E-state index contributed by atoms with van der Waals surface area (Å²) in [5.74, 6) is -0.474. The van der Waals surface area contributed by atoms with Crippen molar-refractivity contribution in [2.24, 2.45) is 5.73 Å². The van der Waals surface area contributed by atoms with E-state index in [1.165, 1.54) is 12.1 Å². The van der Waals surface area contributed by atoms with Crippen LogP contribution in [0.15, 0.2) is 42.5 Å². The molecule has 0 unspecified atom stereocenters. The number of halogens is 1. The van der Waals surface area contributed by atoms with Crippen LogP contribution in [0.3, 0.4) is 0 Å². The van der Waals surface area contributed by atoms with Crippen LogP contribution in [0.4, 0.5) is 4.39 Å². The standard InChI is InChI=1S/C20H17FN4O/c21-14-5-6-16-15(9-14)18(17(10-22)25-16)13-3-1-12(2-4-13)11-24-19(26)20(23)7-8-20/h1-6,9,25H,7-8,11,23H2,(H,24,26). The molecular weight excluding hydrogens is 331 g/mol. The highest BCUT2D eigenvalue weighted by Crippen LogP contribution is 2.33. The topological polar surface area (TPSA) is 94.7 Å². The molecule has 130 valence electrons. The Morgan fingerprint density at radius 3 is 2.65 bits per heavy atom. The van der Waals surface area contributed by atoms with Gasteiger partial charge in [-0.3, -0.25) is 4.79 Å². The molecule has 4 N–H and O–H groups in total. The third-order valence-electron chi connectivity index (χ3n) is 4.81. The van der Waals surface area contributed by atoms with Gasteiger partial charge in [0.15, 0.2) is 0 Å². The van der Waals surface area contributed by atoms with Crippen molar-refractivity contribution in [1.29, 1.82) is 5.26 Å². The van der Waals surface area contributed by atoms with Gasteiger partial charge < -0.3 is 16.0 Å². The molecule has 26 heavy (non-hydrogen) atoms. The van der Waals surface area contributed by atoms with Crippen LogP contribution in [0.25, 0.3) is 22.0 Å². The lowest BCUT2D eigenvalue weighted by Crippen LogP contribution is -2.42. The zero-order valence-electron chi connectivity index (χ0n) is 14.0. The van der Waals surface area contributed by atoms with Gasteiger partial charge in [-0.25, -0.2) is 4.39 Å². The van der Waals surface area contributed by atoms with E-state index in [-0.39, 0.29) is 11.7 Å². The van der Waals surface area contributed by atoms with Gasteiger partial charge in [0.1, 0.15) is 17.6 Å². The highest BCUT2D eigenvalue weighted by Gasteiger charge is 2.45. The summed E-state index contributed by atoms with van der Waals surface area (Å²) in [7, 11) is 0. The number of H-pyrrole nitrogens is 1. The predicted octanol–water partition coefficient (Wildman–Crippen LogP) is 2.95. The fourth-order valence-corrected chi connectivity index (χ4v) is 3.06. The number of nitriles is 1. The lowest BCUT2D eigenvalue weighted by Gasteiger charge is -2.10. The van der Waals surface area contributed by atoms with E-state index in [1.54, 1.807) is 6.07 Å². The molecule has 0 atom stereocenters. The molecule has 1 aromatic heterocycles. The minimum absolute atomic E-state index is 0.125. The SMILES string of the molecule is N#Cc1[nH]c2ccc(F)cc2c1-c1ccc(CNC(=O)C2(N)CC2)cc1. The van der Waals surface area contributed by atoms with Crippen molar-refractivity contribution in [3.63, 3.8) is 0 Å². The number of aromatic nitrogens is 1. The molecule has 4 rings (SSSR count). The smallest absolute Gasteiger partial charge is 0.240 e. The molecule has 5 nitrogen and oxygen atoms in total. The lowest BCUT2D eigenvalue weighted by atomic mass is 10.0. The number of carbonyl (C=O) groups excluding carboxylic acids is 1. The van der Waals surface area contributed by atoms with Gasteiger partial charge in [0.25, 0.3) is 0 Å². The minimum atomic E-state index is -0.685. The number of nitrogens with one attached hydrogen (secondary N) is 2. The molecule has 6 heteroatoms. The average molecular weight is 348 g/mol. The maximum Gasteiger partial charge on any atom is 0.240 e. The second-order valence-corrected chi connectivity index (χ2v) is 6.71. The van der Waals surface area contributed by atoms with E-state index < -0.39 is 5.54 Å². The first kappa shape index (κ1) is 16.3. The number of rotatable bonds is 4. The first-order valence-corrected chi connectivity index (χ1v) is 8.38. The summed E-state index contributed by atoms with van der Waals surface area (Å²) in [5, 5.41) is 12.9. The highest BCUT2D eigenvalue weighted by atomic mass is 19.1. The van der Waals surface area contributed by atoms with Crippen LogP contribution in [0.2, 0.25) is 0 Å². The van der Waals surface area contributed by atoms with Crippen molar-refractivity contribution < 1.29 is 9.18 Å². The number of fused-ring (bicyclic) bond motifs is 1. The number of hydrogen-bond acceptors (Lipinski definition) is 3. The summed E-state index contributed by atoms with van der Waals surface area (Å²) in [6.07, 6.45) is 1.46. The Kier molecular flexibility index (Phi) is 3.74. The van der Waals surface area contributed by atoms with Crippen LogP contribution in [0.5, 0.6) is 0 Å². The fourth-order valence-electron chi connectivity index (χ4n) is 3.06. The zero-order valence-corrected chi connectivity index (χ0v) is 14.0. The summed E-state index contributed by atoms with van der Waals surface area (Å²) >= 11 is 0. The number of hydrogen-bond donors (Lipinski definition) is 3. The van der Waals surface area contributed by atoms with Crippen LogP contribution in [0.1, 0.15) is 24.1 Å². The van der Waals surface area contributed by atoms with Gasteiger partial charge in [-0.05, 0) is 42.2 Å². The first-order valence-electron chi connectivity index (χ1n) is 8.38. The summed E-state index contributed by atoms with van der Waals surface area (Å²) < 4.78 is 13.6.